The fourth-order valence-corrected chi connectivity index (χ4v) is 5.76. The van der Waals surface area contributed by atoms with Gasteiger partial charge in [0.15, 0.2) is 5.82 Å². The number of amides is 2. The SMILES string of the molecule is CSCCn1c(C(=O)N2CCC(c3cccc(OCc4ccc(C#N)cc4F)n3)CC2)nc2ccc(C(=O)NC(C)(C)CO)cc21. The van der Waals surface area contributed by atoms with Crippen molar-refractivity contribution in [3.05, 3.63) is 88.6 Å². The second-order valence-corrected chi connectivity index (χ2v) is 12.9. The Labute approximate surface area is 271 Å². The van der Waals surface area contributed by atoms with Crippen LogP contribution in [-0.2, 0) is 13.2 Å². The van der Waals surface area contributed by atoms with Crippen molar-refractivity contribution in [2.24, 2.45) is 0 Å². The number of aliphatic hydroxyl groups excluding tert-OH is 1. The number of benzene rings is 2. The molecule has 0 bridgehead atoms. The number of nitrogens with zero attached hydrogens (tertiary/aromatic N) is 5. The number of ether oxygens (including phenoxy) is 1. The maximum absolute atomic E-state index is 14.3. The molecule has 240 valence electrons. The lowest BCUT2D eigenvalue weighted by Gasteiger charge is -2.31. The normalized spacial score (nSPS) is 13.9. The van der Waals surface area contributed by atoms with Gasteiger partial charge in [-0.05, 0) is 69.3 Å². The number of halogens is 1. The molecule has 0 radical (unpaired) electrons. The highest BCUT2D eigenvalue weighted by molar-refractivity contribution is 7.98. The molecule has 0 unspecified atom stereocenters. The van der Waals surface area contributed by atoms with Gasteiger partial charge in [-0.2, -0.15) is 17.0 Å². The zero-order valence-electron chi connectivity index (χ0n) is 26.1. The van der Waals surface area contributed by atoms with Crippen LogP contribution in [0.1, 0.15) is 70.4 Å². The lowest BCUT2D eigenvalue weighted by Crippen LogP contribution is -2.46. The van der Waals surface area contributed by atoms with Gasteiger partial charge in [0.05, 0.1) is 34.8 Å². The van der Waals surface area contributed by atoms with Crippen LogP contribution in [0.5, 0.6) is 5.88 Å². The van der Waals surface area contributed by atoms with Crippen LogP contribution in [0.15, 0.2) is 54.6 Å². The van der Waals surface area contributed by atoms with Crippen LogP contribution in [0.2, 0.25) is 0 Å². The predicted octanol–water partition coefficient (Wildman–Crippen LogP) is 4.90. The number of aliphatic hydroxyl groups is 1. The highest BCUT2D eigenvalue weighted by Crippen LogP contribution is 2.29. The molecule has 4 aromatic rings. The van der Waals surface area contributed by atoms with E-state index in [9.17, 15) is 19.1 Å². The molecule has 0 aliphatic carbocycles. The van der Waals surface area contributed by atoms with Crippen molar-refractivity contribution in [3.8, 4) is 11.9 Å². The van der Waals surface area contributed by atoms with Crippen LogP contribution in [0, 0.1) is 17.1 Å². The van der Waals surface area contributed by atoms with Crippen molar-refractivity contribution in [1.29, 1.82) is 5.26 Å². The van der Waals surface area contributed by atoms with Crippen molar-refractivity contribution in [3.63, 3.8) is 0 Å². The van der Waals surface area contributed by atoms with Crippen LogP contribution in [0.3, 0.4) is 0 Å². The summed E-state index contributed by atoms with van der Waals surface area (Å²) in [6.45, 7) is 4.91. The Morgan fingerprint density at radius 1 is 1.15 bits per heavy atom. The van der Waals surface area contributed by atoms with E-state index in [-0.39, 0.29) is 36.5 Å². The summed E-state index contributed by atoms with van der Waals surface area (Å²) >= 11 is 1.66. The first-order valence-electron chi connectivity index (χ1n) is 15.1. The number of pyridine rings is 1. The minimum atomic E-state index is -0.770. The summed E-state index contributed by atoms with van der Waals surface area (Å²) in [6.07, 6.45) is 3.42. The van der Waals surface area contributed by atoms with E-state index in [4.69, 9.17) is 15.0 Å². The van der Waals surface area contributed by atoms with Gasteiger partial charge in [-0.25, -0.2) is 14.4 Å². The Balaban J connectivity index is 1.27. The zero-order valence-corrected chi connectivity index (χ0v) is 26.9. The molecule has 1 aliphatic rings. The second kappa shape index (κ2) is 14.3. The first-order valence-corrected chi connectivity index (χ1v) is 16.5. The second-order valence-electron chi connectivity index (χ2n) is 12.0. The number of aromatic nitrogens is 3. The zero-order chi connectivity index (χ0) is 32.8. The van der Waals surface area contributed by atoms with Crippen LogP contribution < -0.4 is 10.1 Å². The van der Waals surface area contributed by atoms with Crippen molar-refractivity contribution in [1.82, 2.24) is 24.8 Å². The summed E-state index contributed by atoms with van der Waals surface area (Å²) in [7, 11) is 0. The Kier molecular flexibility index (Phi) is 10.2. The number of hydrogen-bond acceptors (Lipinski definition) is 8. The fraction of sp³-hybridized carbons (Fsp3) is 0.382. The van der Waals surface area contributed by atoms with Gasteiger partial charge in [0.1, 0.15) is 12.4 Å². The van der Waals surface area contributed by atoms with Gasteiger partial charge in [-0.15, -0.1) is 0 Å². The number of fused-ring (bicyclic) bond motifs is 1. The maximum atomic E-state index is 14.3. The van der Waals surface area contributed by atoms with E-state index in [1.807, 2.05) is 33.9 Å². The fourth-order valence-electron chi connectivity index (χ4n) is 5.40. The molecule has 1 aliphatic heterocycles. The number of imidazole rings is 1. The number of thioether (sulfide) groups is 1. The molecule has 0 atom stereocenters. The average molecular weight is 645 g/mol. The van der Waals surface area contributed by atoms with Crippen LogP contribution in [0.25, 0.3) is 11.0 Å². The summed E-state index contributed by atoms with van der Waals surface area (Å²) in [5.41, 5.74) is 2.45. The van der Waals surface area contributed by atoms with Gasteiger partial charge in [0, 0.05) is 54.2 Å². The third-order valence-corrected chi connectivity index (χ3v) is 8.66. The number of nitriles is 1. The molecule has 5 rings (SSSR count). The monoisotopic (exact) mass is 644 g/mol. The molecule has 2 aromatic carbocycles. The molecular weight excluding hydrogens is 607 g/mol. The highest BCUT2D eigenvalue weighted by atomic mass is 32.2. The molecule has 0 spiro atoms. The summed E-state index contributed by atoms with van der Waals surface area (Å²) in [5, 5.41) is 21.4. The summed E-state index contributed by atoms with van der Waals surface area (Å²) < 4.78 is 22.0. The summed E-state index contributed by atoms with van der Waals surface area (Å²) in [4.78, 5) is 37.9. The van der Waals surface area contributed by atoms with Crippen LogP contribution in [0.4, 0.5) is 4.39 Å². The molecule has 1 fully saturated rings. The largest absolute Gasteiger partial charge is 0.473 e. The molecule has 2 aromatic heterocycles. The molecule has 2 amide bonds. The lowest BCUT2D eigenvalue weighted by molar-refractivity contribution is 0.0695. The minimum absolute atomic E-state index is 0.00864. The number of aryl methyl sites for hydroxylation is 1. The lowest BCUT2D eigenvalue weighted by atomic mass is 9.93. The van der Waals surface area contributed by atoms with Gasteiger partial charge in [-0.1, -0.05) is 12.1 Å². The third-order valence-electron chi connectivity index (χ3n) is 8.07. The topological polar surface area (TPSA) is 133 Å². The van der Waals surface area contributed by atoms with E-state index in [1.165, 1.54) is 12.1 Å². The first-order chi connectivity index (χ1) is 22.1. The molecule has 2 N–H and O–H groups in total. The van der Waals surface area contributed by atoms with E-state index in [2.05, 4.69) is 10.3 Å². The Morgan fingerprint density at radius 2 is 1.93 bits per heavy atom. The summed E-state index contributed by atoms with van der Waals surface area (Å²) in [6, 6.07) is 16.9. The van der Waals surface area contributed by atoms with E-state index in [0.717, 1.165) is 11.4 Å². The van der Waals surface area contributed by atoms with Gasteiger partial charge in [0.25, 0.3) is 11.8 Å². The minimum Gasteiger partial charge on any atom is -0.473 e. The number of likely N-dealkylation sites (tertiary alicyclic amines) is 1. The van der Waals surface area contributed by atoms with E-state index >= 15 is 0 Å². The number of carbonyl (C=O) groups excluding carboxylic acids is 2. The van der Waals surface area contributed by atoms with E-state index in [1.54, 1.807) is 55.9 Å². The van der Waals surface area contributed by atoms with Crippen molar-refractivity contribution in [2.75, 3.05) is 31.7 Å². The number of hydrogen-bond donors (Lipinski definition) is 2. The molecule has 3 heterocycles. The number of carbonyl (C=O) groups is 2. The predicted molar refractivity (Wildman–Crippen MR) is 174 cm³/mol. The highest BCUT2D eigenvalue weighted by Gasteiger charge is 2.29. The quantitative estimate of drug-likeness (QED) is 0.236. The number of piperidine rings is 1. The van der Waals surface area contributed by atoms with Crippen LogP contribution in [-0.4, -0.2) is 73.6 Å². The first kappa shape index (κ1) is 32.9. The number of rotatable bonds is 11. The number of nitrogens with one attached hydrogen (secondary N) is 1. The third kappa shape index (κ3) is 7.49. The van der Waals surface area contributed by atoms with Gasteiger partial charge < -0.3 is 24.6 Å². The standard InChI is InChI=1S/C34H37FN6O4S/c1-34(2,21-42)39-32(43)24-9-10-28-29(18-24)41(15-16-46-3)31(38-28)33(44)40-13-11-23(12-14-40)27-5-4-6-30(37-27)45-20-25-8-7-22(19-36)17-26(25)35/h4-10,17-18,23,42H,11-16,20-21H2,1-3H3,(H,39,43). The Hall–Kier alpha value is -4.47. The van der Waals surface area contributed by atoms with E-state index in [0.29, 0.717) is 66.3 Å². The molecular formula is C34H37FN6O4S. The van der Waals surface area contributed by atoms with Crippen molar-refractivity contribution < 1.29 is 23.8 Å². The Bertz CT molecular complexity index is 1780. The van der Waals surface area contributed by atoms with Crippen LogP contribution >= 0.6 is 11.8 Å². The smallest absolute Gasteiger partial charge is 0.289 e. The van der Waals surface area contributed by atoms with Gasteiger partial charge in [0.2, 0.25) is 5.88 Å². The van der Waals surface area contributed by atoms with Crippen molar-refractivity contribution in [2.45, 2.75) is 51.3 Å². The van der Waals surface area contributed by atoms with Crippen molar-refractivity contribution >= 4 is 34.6 Å². The maximum Gasteiger partial charge on any atom is 0.289 e. The molecule has 0 saturated carbocycles. The average Bonchev–Trinajstić information content (AvgIpc) is 3.44. The molecule has 1 saturated heterocycles. The molecule has 12 heteroatoms. The van der Waals surface area contributed by atoms with E-state index < -0.39 is 11.4 Å². The molecule has 46 heavy (non-hydrogen) atoms. The molecule has 10 nitrogen and oxygen atoms in total. The Morgan fingerprint density at radius 3 is 2.63 bits per heavy atom. The van der Waals surface area contributed by atoms with Gasteiger partial charge in [-0.3, -0.25) is 9.59 Å². The van der Waals surface area contributed by atoms with Gasteiger partial charge >= 0.3 is 0 Å². The summed E-state index contributed by atoms with van der Waals surface area (Å²) in [5.74, 6) is 0.662.